The van der Waals surface area contributed by atoms with Crippen LogP contribution in [0.2, 0.25) is 0 Å². The van der Waals surface area contributed by atoms with E-state index in [-0.39, 0.29) is 5.92 Å². The van der Waals surface area contributed by atoms with Crippen LogP contribution in [0.1, 0.15) is 106 Å². The van der Waals surface area contributed by atoms with Crippen LogP contribution in [-0.2, 0) is 90.5 Å². The van der Waals surface area contributed by atoms with Crippen molar-refractivity contribution in [1.82, 2.24) is 0 Å². The van der Waals surface area contributed by atoms with Gasteiger partial charge in [0.25, 0.3) is 0 Å². The quantitative estimate of drug-likeness (QED) is 0.181. The number of carbonyl (C=O) groups excluding carboxylic acids is 8. The summed E-state index contributed by atoms with van der Waals surface area (Å²) in [5, 5.41) is 0. The first-order valence-corrected chi connectivity index (χ1v) is 19.4. The lowest BCUT2D eigenvalue weighted by Crippen LogP contribution is -2.67. The molecule has 0 aromatic rings. The predicted molar refractivity (Wildman–Crippen MR) is 187 cm³/mol. The molecule has 0 bridgehead atoms. The number of ether oxygens (including phenoxy) is 11. The SMILES string of the molecule is CC(=O)OC[C@H]1O[C@@H](OC(C)=O)[C@H](OC(C)=O)[C@@H](OC(C)=O)[C@@H]1O[C@@H]1O[C@H](COC(=O)C2CCCCC2)[C@H](OC(=O)C2CCCCC2)[C@H](OC(C)=O)[C@H]1OC(C)=O. The van der Waals surface area contributed by atoms with Crippen LogP contribution < -0.4 is 0 Å². The van der Waals surface area contributed by atoms with Crippen LogP contribution in [0.3, 0.4) is 0 Å². The maximum absolute atomic E-state index is 13.7. The zero-order valence-electron chi connectivity index (χ0n) is 33.2. The number of rotatable bonds is 14. The Morgan fingerprint density at radius 1 is 0.404 bits per heavy atom. The van der Waals surface area contributed by atoms with Gasteiger partial charge in [-0.25, -0.2) is 0 Å². The van der Waals surface area contributed by atoms with Crippen molar-refractivity contribution in [1.29, 1.82) is 0 Å². The first-order valence-electron chi connectivity index (χ1n) is 19.4. The monoisotopic (exact) mass is 814 g/mol. The highest BCUT2D eigenvalue weighted by atomic mass is 16.8. The van der Waals surface area contributed by atoms with Gasteiger partial charge in [0.15, 0.2) is 30.7 Å². The molecule has 10 atom stereocenters. The Kier molecular flexibility index (Phi) is 17.0. The van der Waals surface area contributed by atoms with Crippen molar-refractivity contribution in [2.24, 2.45) is 11.8 Å². The average molecular weight is 815 g/mol. The normalized spacial score (nSPS) is 30.8. The number of hydrogen-bond acceptors (Lipinski definition) is 19. The molecule has 2 saturated heterocycles. The van der Waals surface area contributed by atoms with Crippen molar-refractivity contribution in [2.45, 2.75) is 167 Å². The second kappa shape index (κ2) is 21.4. The van der Waals surface area contributed by atoms with Gasteiger partial charge in [0, 0.05) is 41.5 Å². The standard InChI is InChI=1S/C38H54O19/c1-19(39)47-17-27-30(32(50-21(3)41)33(51-22(4)42)37(54-27)53-24(6)44)57-38-34(52-23(5)43)31(49-20(2)40)29(56-36(46)26-15-11-8-12-16-26)28(55-38)18-48-35(45)25-13-9-7-10-14-25/h25-34,37-38H,7-18H2,1-6H3/t27-,28-,29+,30-,31+,32+,33-,34-,37-,38+/m1/s1. The molecule has 0 radical (unpaired) electrons. The van der Waals surface area contributed by atoms with Crippen LogP contribution in [0.4, 0.5) is 0 Å². The highest BCUT2D eigenvalue weighted by Crippen LogP contribution is 2.37. The summed E-state index contributed by atoms with van der Waals surface area (Å²) in [4.78, 5) is 101. The molecule has 19 nitrogen and oxygen atoms in total. The second-order valence-corrected chi connectivity index (χ2v) is 14.6. The molecule has 320 valence electrons. The number of hydrogen-bond donors (Lipinski definition) is 0. The molecule has 0 amide bonds. The molecule has 57 heavy (non-hydrogen) atoms. The molecule has 2 aliphatic carbocycles. The Bertz CT molecular complexity index is 1450. The van der Waals surface area contributed by atoms with Crippen molar-refractivity contribution in [3.05, 3.63) is 0 Å². The fourth-order valence-corrected chi connectivity index (χ4v) is 7.53. The van der Waals surface area contributed by atoms with E-state index in [4.69, 9.17) is 52.1 Å². The van der Waals surface area contributed by atoms with Crippen LogP contribution >= 0.6 is 0 Å². The summed E-state index contributed by atoms with van der Waals surface area (Å²) in [6, 6.07) is 0. The van der Waals surface area contributed by atoms with Gasteiger partial charge in [-0.3, -0.25) is 38.4 Å². The van der Waals surface area contributed by atoms with Crippen LogP contribution in [0, 0.1) is 11.8 Å². The van der Waals surface area contributed by atoms with Crippen molar-refractivity contribution >= 4 is 47.8 Å². The Balaban J connectivity index is 1.79. The van der Waals surface area contributed by atoms with Gasteiger partial charge >= 0.3 is 47.8 Å². The molecule has 4 fully saturated rings. The van der Waals surface area contributed by atoms with Gasteiger partial charge in [0.05, 0.1) is 11.8 Å². The molecule has 19 heteroatoms. The van der Waals surface area contributed by atoms with Gasteiger partial charge in [-0.1, -0.05) is 38.5 Å². The predicted octanol–water partition coefficient (Wildman–Crippen LogP) is 2.29. The zero-order valence-corrected chi connectivity index (χ0v) is 33.2. The summed E-state index contributed by atoms with van der Waals surface area (Å²) in [6.07, 6.45) is -8.76. The summed E-state index contributed by atoms with van der Waals surface area (Å²) < 4.78 is 63.3. The highest BCUT2D eigenvalue weighted by Gasteiger charge is 2.58. The molecule has 2 aliphatic heterocycles. The Morgan fingerprint density at radius 3 is 1.30 bits per heavy atom. The highest BCUT2D eigenvalue weighted by molar-refractivity contribution is 5.74. The van der Waals surface area contributed by atoms with Crippen molar-refractivity contribution < 1.29 is 90.5 Å². The van der Waals surface area contributed by atoms with E-state index in [0.29, 0.717) is 25.7 Å². The van der Waals surface area contributed by atoms with E-state index in [1.807, 2.05) is 0 Å². The summed E-state index contributed by atoms with van der Waals surface area (Å²) >= 11 is 0. The topological polar surface area (TPSA) is 238 Å². The van der Waals surface area contributed by atoms with Gasteiger partial charge < -0.3 is 52.1 Å². The molecule has 0 N–H and O–H groups in total. The molecule has 4 aliphatic rings. The number of esters is 8. The summed E-state index contributed by atoms with van der Waals surface area (Å²) in [5.41, 5.74) is 0. The van der Waals surface area contributed by atoms with Crippen molar-refractivity contribution in [2.75, 3.05) is 13.2 Å². The molecule has 0 unspecified atom stereocenters. The van der Waals surface area contributed by atoms with Gasteiger partial charge in [-0.2, -0.15) is 0 Å². The fraction of sp³-hybridized carbons (Fsp3) is 0.789. The van der Waals surface area contributed by atoms with Gasteiger partial charge in [-0.05, 0) is 25.7 Å². The van der Waals surface area contributed by atoms with Crippen LogP contribution in [0.25, 0.3) is 0 Å². The van der Waals surface area contributed by atoms with E-state index >= 15 is 0 Å². The van der Waals surface area contributed by atoms with E-state index in [9.17, 15) is 38.4 Å². The Morgan fingerprint density at radius 2 is 0.807 bits per heavy atom. The van der Waals surface area contributed by atoms with E-state index in [2.05, 4.69) is 0 Å². The van der Waals surface area contributed by atoms with E-state index in [1.165, 1.54) is 0 Å². The minimum absolute atomic E-state index is 0.384. The van der Waals surface area contributed by atoms with Crippen molar-refractivity contribution in [3.8, 4) is 0 Å². The number of carbonyl (C=O) groups is 8. The minimum Gasteiger partial charge on any atom is -0.463 e. The third kappa shape index (κ3) is 13.3. The van der Waals surface area contributed by atoms with Crippen LogP contribution in [0.5, 0.6) is 0 Å². The van der Waals surface area contributed by atoms with Crippen LogP contribution in [-0.4, -0.2) is 122 Å². The Hall–Kier alpha value is -4.36. The molecule has 0 spiro atoms. The van der Waals surface area contributed by atoms with E-state index in [0.717, 1.165) is 80.1 Å². The second-order valence-electron chi connectivity index (χ2n) is 14.6. The van der Waals surface area contributed by atoms with Crippen LogP contribution in [0.15, 0.2) is 0 Å². The molecular formula is C38H54O19. The van der Waals surface area contributed by atoms with Crippen molar-refractivity contribution in [3.63, 3.8) is 0 Å². The molecule has 2 heterocycles. The van der Waals surface area contributed by atoms with Gasteiger partial charge in [0.2, 0.25) is 12.4 Å². The first-order chi connectivity index (χ1) is 27.0. The van der Waals surface area contributed by atoms with E-state index < -0.39 is 128 Å². The average Bonchev–Trinajstić information content (AvgIpc) is 3.14. The largest absolute Gasteiger partial charge is 0.463 e. The molecule has 0 aromatic heterocycles. The lowest BCUT2D eigenvalue weighted by molar-refractivity contribution is -0.358. The molecule has 2 saturated carbocycles. The van der Waals surface area contributed by atoms with Gasteiger partial charge in [0.1, 0.15) is 31.5 Å². The summed E-state index contributed by atoms with van der Waals surface area (Å²) in [7, 11) is 0. The Labute approximate surface area is 330 Å². The minimum atomic E-state index is -1.82. The van der Waals surface area contributed by atoms with Gasteiger partial charge in [-0.15, -0.1) is 0 Å². The maximum Gasteiger partial charge on any atom is 0.309 e. The van der Waals surface area contributed by atoms with E-state index in [1.54, 1.807) is 0 Å². The lowest BCUT2D eigenvalue weighted by Gasteiger charge is -2.48. The maximum atomic E-state index is 13.7. The zero-order chi connectivity index (χ0) is 41.8. The molecule has 4 rings (SSSR count). The summed E-state index contributed by atoms with van der Waals surface area (Å²) in [6.45, 7) is 5.22. The molecular weight excluding hydrogens is 760 g/mol. The summed E-state index contributed by atoms with van der Waals surface area (Å²) in [5.74, 6) is -7.26. The lowest BCUT2D eigenvalue weighted by atomic mass is 9.89. The third-order valence-corrected chi connectivity index (χ3v) is 9.93. The third-order valence-electron chi connectivity index (χ3n) is 9.93. The fourth-order valence-electron chi connectivity index (χ4n) is 7.53. The first kappa shape index (κ1) is 45.3. The smallest absolute Gasteiger partial charge is 0.309 e. The molecule has 0 aromatic carbocycles.